The molecule has 0 aromatic rings. The number of nitrogens with one attached hydrogen (secondary N) is 2. The van der Waals surface area contributed by atoms with Crippen LogP contribution in [-0.2, 0) is 14.8 Å². The number of carbonyl (C=O) groups excluding carboxylic acids is 1. The fraction of sp³-hybridized carbons (Fsp3) is 0.833. The predicted molar refractivity (Wildman–Crippen MR) is 48.3 cm³/mol. The van der Waals surface area contributed by atoms with Crippen molar-refractivity contribution in [1.29, 1.82) is 0 Å². The number of carbonyl (C=O) groups is 1. The van der Waals surface area contributed by atoms with Crippen molar-refractivity contribution in [3.05, 3.63) is 0 Å². The Balaban J connectivity index is 3.60. The van der Waals surface area contributed by atoms with Gasteiger partial charge in [0, 0.05) is 13.1 Å². The zero-order valence-corrected chi connectivity index (χ0v) is 9.11. The first kappa shape index (κ1) is 15.0. The van der Waals surface area contributed by atoms with Crippen molar-refractivity contribution < 1.29 is 31.1 Å². The minimum atomic E-state index is -4.58. The van der Waals surface area contributed by atoms with Gasteiger partial charge < -0.3 is 10.1 Å². The van der Waals surface area contributed by atoms with Gasteiger partial charge in [-0.25, -0.2) is 17.9 Å². The van der Waals surface area contributed by atoms with Crippen LogP contribution in [0.2, 0.25) is 0 Å². The molecule has 0 unspecified atom stereocenters. The fourth-order valence-corrected chi connectivity index (χ4v) is 1.07. The molecule has 0 aromatic carbocycles. The summed E-state index contributed by atoms with van der Waals surface area (Å²) >= 11 is 0. The molecule has 0 rings (SSSR count). The summed E-state index contributed by atoms with van der Waals surface area (Å²) in [6, 6.07) is 0. The highest BCUT2D eigenvalue weighted by Crippen LogP contribution is 2.14. The normalized spacial score (nSPS) is 12.2. The average molecular weight is 264 g/mol. The van der Waals surface area contributed by atoms with Crippen molar-refractivity contribution in [2.24, 2.45) is 0 Å². The van der Waals surface area contributed by atoms with E-state index in [0.717, 1.165) is 6.26 Å². The van der Waals surface area contributed by atoms with Gasteiger partial charge in [0.05, 0.1) is 6.26 Å². The molecule has 0 aliphatic heterocycles. The quantitative estimate of drug-likeness (QED) is 0.675. The molecular weight excluding hydrogens is 253 g/mol. The van der Waals surface area contributed by atoms with Crippen LogP contribution in [0.15, 0.2) is 0 Å². The van der Waals surface area contributed by atoms with E-state index in [0.29, 0.717) is 0 Å². The third-order valence-electron chi connectivity index (χ3n) is 1.13. The van der Waals surface area contributed by atoms with Crippen LogP contribution in [0, 0.1) is 0 Å². The second-order valence-corrected chi connectivity index (χ2v) is 4.62. The maximum absolute atomic E-state index is 11.6. The lowest BCUT2D eigenvalue weighted by Gasteiger charge is -2.08. The van der Waals surface area contributed by atoms with Crippen molar-refractivity contribution in [3.8, 4) is 0 Å². The standard InChI is InChI=1S/C6H11F3N2O4S/c1-16(13,14)11-3-2-10-5(12)15-4-6(7,8)9/h11H,2-4H2,1H3,(H,10,12). The molecule has 16 heavy (non-hydrogen) atoms. The van der Waals surface area contributed by atoms with Gasteiger partial charge in [-0.2, -0.15) is 13.2 Å². The number of alkyl halides is 3. The summed E-state index contributed by atoms with van der Waals surface area (Å²) in [5.74, 6) is 0. The molecule has 0 aromatic heterocycles. The average Bonchev–Trinajstić information content (AvgIpc) is 2.06. The van der Waals surface area contributed by atoms with E-state index in [1.165, 1.54) is 0 Å². The molecule has 0 saturated heterocycles. The summed E-state index contributed by atoms with van der Waals surface area (Å²) in [6.45, 7) is -1.97. The number of hydrogen-bond acceptors (Lipinski definition) is 4. The van der Waals surface area contributed by atoms with Gasteiger partial charge in [-0.15, -0.1) is 0 Å². The smallest absolute Gasteiger partial charge is 0.422 e. The van der Waals surface area contributed by atoms with E-state index >= 15 is 0 Å². The van der Waals surface area contributed by atoms with Gasteiger partial charge >= 0.3 is 12.3 Å². The highest BCUT2D eigenvalue weighted by Gasteiger charge is 2.29. The Morgan fingerprint density at radius 3 is 2.31 bits per heavy atom. The minimum absolute atomic E-state index is 0.125. The van der Waals surface area contributed by atoms with Crippen molar-refractivity contribution in [1.82, 2.24) is 10.0 Å². The number of alkyl carbamates (subject to hydrolysis) is 1. The molecule has 10 heteroatoms. The van der Waals surface area contributed by atoms with E-state index in [1.807, 2.05) is 10.0 Å². The van der Waals surface area contributed by atoms with Crippen molar-refractivity contribution in [2.45, 2.75) is 6.18 Å². The first-order valence-corrected chi connectivity index (χ1v) is 5.91. The van der Waals surface area contributed by atoms with Crippen LogP contribution in [-0.4, -0.2) is 46.6 Å². The maximum atomic E-state index is 11.6. The Hall–Kier alpha value is -1.03. The lowest BCUT2D eigenvalue weighted by atomic mass is 10.6. The molecule has 0 fully saturated rings. The van der Waals surface area contributed by atoms with Crippen LogP contribution in [0.4, 0.5) is 18.0 Å². The molecule has 0 aliphatic carbocycles. The number of halogens is 3. The van der Waals surface area contributed by atoms with Crippen molar-refractivity contribution >= 4 is 16.1 Å². The lowest BCUT2D eigenvalue weighted by Crippen LogP contribution is -2.35. The van der Waals surface area contributed by atoms with E-state index in [1.54, 1.807) is 0 Å². The summed E-state index contributed by atoms with van der Waals surface area (Å²) in [4.78, 5) is 10.6. The van der Waals surface area contributed by atoms with Gasteiger partial charge in [-0.3, -0.25) is 0 Å². The van der Waals surface area contributed by atoms with E-state index in [2.05, 4.69) is 4.74 Å². The highest BCUT2D eigenvalue weighted by atomic mass is 32.2. The fourth-order valence-electron chi connectivity index (χ4n) is 0.599. The van der Waals surface area contributed by atoms with Crippen LogP contribution >= 0.6 is 0 Å². The molecule has 96 valence electrons. The van der Waals surface area contributed by atoms with Gasteiger partial charge in [0.25, 0.3) is 0 Å². The third-order valence-corrected chi connectivity index (χ3v) is 1.85. The van der Waals surface area contributed by atoms with Crippen LogP contribution in [0.25, 0.3) is 0 Å². The summed E-state index contributed by atoms with van der Waals surface area (Å²) in [6.07, 6.45) is -4.93. The molecule has 0 radical (unpaired) electrons. The first-order valence-electron chi connectivity index (χ1n) is 4.02. The maximum Gasteiger partial charge on any atom is 0.422 e. The minimum Gasteiger partial charge on any atom is -0.440 e. The Kier molecular flexibility index (Phi) is 5.51. The topological polar surface area (TPSA) is 84.5 Å². The Bertz CT molecular complexity index is 327. The van der Waals surface area contributed by atoms with Crippen molar-refractivity contribution in [2.75, 3.05) is 26.0 Å². The van der Waals surface area contributed by atoms with E-state index in [-0.39, 0.29) is 13.1 Å². The monoisotopic (exact) mass is 264 g/mol. The van der Waals surface area contributed by atoms with Crippen LogP contribution in [0.3, 0.4) is 0 Å². The third kappa shape index (κ3) is 11.0. The SMILES string of the molecule is CS(=O)(=O)NCCNC(=O)OCC(F)(F)F. The van der Waals surface area contributed by atoms with E-state index in [4.69, 9.17) is 0 Å². The predicted octanol–water partition coefficient (Wildman–Crippen LogP) is -0.176. The summed E-state index contributed by atoms with van der Waals surface area (Å²) < 4.78 is 61.6. The molecule has 2 N–H and O–H groups in total. The number of amides is 1. The second-order valence-electron chi connectivity index (χ2n) is 2.78. The Morgan fingerprint density at radius 1 is 1.31 bits per heavy atom. The molecule has 1 amide bonds. The van der Waals surface area contributed by atoms with Gasteiger partial charge in [-0.1, -0.05) is 0 Å². The Morgan fingerprint density at radius 2 is 1.88 bits per heavy atom. The number of rotatable bonds is 5. The van der Waals surface area contributed by atoms with Gasteiger partial charge in [-0.05, 0) is 0 Å². The lowest BCUT2D eigenvalue weighted by molar-refractivity contribution is -0.160. The molecule has 0 spiro atoms. The molecule has 0 bridgehead atoms. The Labute approximate surface area is 90.2 Å². The van der Waals surface area contributed by atoms with E-state index in [9.17, 15) is 26.4 Å². The second kappa shape index (κ2) is 5.89. The number of ether oxygens (including phenoxy) is 1. The summed E-state index contributed by atoms with van der Waals surface area (Å²) in [7, 11) is -3.38. The largest absolute Gasteiger partial charge is 0.440 e. The summed E-state index contributed by atoms with van der Waals surface area (Å²) in [5, 5.41) is 1.94. The molecular formula is C6H11F3N2O4S. The first-order chi connectivity index (χ1) is 7.10. The van der Waals surface area contributed by atoms with Gasteiger partial charge in [0.1, 0.15) is 0 Å². The number of hydrogen-bond donors (Lipinski definition) is 2. The zero-order valence-electron chi connectivity index (χ0n) is 8.30. The number of sulfonamides is 1. The van der Waals surface area contributed by atoms with Crippen LogP contribution < -0.4 is 10.0 Å². The zero-order chi connectivity index (χ0) is 12.8. The highest BCUT2D eigenvalue weighted by molar-refractivity contribution is 7.88. The summed E-state index contributed by atoms with van der Waals surface area (Å²) in [5.41, 5.74) is 0. The molecule has 0 aliphatic rings. The van der Waals surface area contributed by atoms with Crippen molar-refractivity contribution in [3.63, 3.8) is 0 Å². The molecule has 0 heterocycles. The molecule has 0 saturated carbocycles. The van der Waals surface area contributed by atoms with Crippen LogP contribution in [0.5, 0.6) is 0 Å². The van der Waals surface area contributed by atoms with Gasteiger partial charge in [0.15, 0.2) is 6.61 Å². The van der Waals surface area contributed by atoms with Crippen LogP contribution in [0.1, 0.15) is 0 Å². The molecule has 0 atom stereocenters. The van der Waals surface area contributed by atoms with Gasteiger partial charge in [0.2, 0.25) is 10.0 Å². The van der Waals surface area contributed by atoms with E-state index < -0.39 is 28.9 Å². The molecule has 6 nitrogen and oxygen atoms in total.